The number of fused-ring (bicyclic) bond motifs is 1. The van der Waals surface area contributed by atoms with Gasteiger partial charge in [-0.2, -0.15) is 0 Å². The van der Waals surface area contributed by atoms with Crippen molar-refractivity contribution in [1.82, 2.24) is 4.98 Å². The molecule has 3 rings (SSSR count). The van der Waals surface area contributed by atoms with E-state index in [1.165, 1.54) is 0 Å². The highest BCUT2D eigenvalue weighted by Gasteiger charge is 2.10. The van der Waals surface area contributed by atoms with Crippen LogP contribution in [-0.4, -0.2) is 4.98 Å². The fourth-order valence-electron chi connectivity index (χ4n) is 2.06. The summed E-state index contributed by atoms with van der Waals surface area (Å²) in [4.78, 5) is 4.47. The molecule has 0 saturated heterocycles. The Morgan fingerprint density at radius 3 is 2.62 bits per heavy atom. The maximum Gasteiger partial charge on any atom is 0.220 e. The maximum absolute atomic E-state index is 6.12. The molecule has 0 aliphatic carbocycles. The van der Waals surface area contributed by atoms with E-state index in [0.29, 0.717) is 27.6 Å². The number of hydrogen-bond donors (Lipinski definition) is 0. The lowest BCUT2D eigenvalue weighted by Crippen LogP contribution is -1.93. The van der Waals surface area contributed by atoms with E-state index >= 15 is 0 Å². The number of aromatic nitrogens is 1. The summed E-state index contributed by atoms with van der Waals surface area (Å²) < 4.78 is 5.75. The van der Waals surface area contributed by atoms with E-state index in [1.54, 1.807) is 18.2 Å². The van der Waals surface area contributed by atoms with Crippen LogP contribution in [-0.2, 0) is 5.88 Å². The Kier molecular flexibility index (Phi) is 4.20. The van der Waals surface area contributed by atoms with Crippen molar-refractivity contribution in [2.45, 2.75) is 5.88 Å². The molecule has 0 spiro atoms. The van der Waals surface area contributed by atoms with Gasteiger partial charge in [0.05, 0.1) is 10.5 Å². The van der Waals surface area contributed by atoms with E-state index in [-0.39, 0.29) is 0 Å². The molecule has 1 aromatic heterocycles. The quantitative estimate of drug-likeness (QED) is 0.540. The number of alkyl halides is 1. The van der Waals surface area contributed by atoms with Gasteiger partial charge in [-0.1, -0.05) is 47.5 Å². The van der Waals surface area contributed by atoms with Crippen molar-refractivity contribution in [2.75, 3.05) is 0 Å². The van der Waals surface area contributed by atoms with E-state index in [0.717, 1.165) is 16.5 Å². The molecule has 0 bridgehead atoms. The number of rotatable bonds is 3. The summed E-state index contributed by atoms with van der Waals surface area (Å²) in [6.45, 7) is 0. The first-order valence-electron chi connectivity index (χ1n) is 6.25. The minimum atomic E-state index is 0.363. The fraction of sp³-hybridized carbons (Fsp3) is 0.0625. The number of nitrogens with zero attached hydrogens (tertiary/aromatic N) is 1. The van der Waals surface area contributed by atoms with Crippen LogP contribution in [0.3, 0.4) is 0 Å². The van der Waals surface area contributed by atoms with Crippen molar-refractivity contribution in [3.63, 3.8) is 0 Å². The molecule has 0 atom stereocenters. The van der Waals surface area contributed by atoms with Gasteiger partial charge in [0.25, 0.3) is 0 Å². The SMILES string of the molecule is ClCc1cc(Oc2cccc(Cl)c2Cl)nc2ccccc12. The van der Waals surface area contributed by atoms with Crippen LogP contribution in [0.5, 0.6) is 11.6 Å². The lowest BCUT2D eigenvalue weighted by molar-refractivity contribution is 0.465. The summed E-state index contributed by atoms with van der Waals surface area (Å²) in [5, 5.41) is 1.81. The average molecular weight is 339 g/mol. The highest BCUT2D eigenvalue weighted by molar-refractivity contribution is 6.42. The van der Waals surface area contributed by atoms with Crippen molar-refractivity contribution >= 4 is 45.7 Å². The van der Waals surface area contributed by atoms with Crippen LogP contribution in [0.2, 0.25) is 10.0 Å². The lowest BCUT2D eigenvalue weighted by Gasteiger charge is -2.10. The summed E-state index contributed by atoms with van der Waals surface area (Å²) in [5.74, 6) is 1.28. The second-order valence-corrected chi connectivity index (χ2v) is 5.48. The molecule has 0 aliphatic rings. The summed E-state index contributed by atoms with van der Waals surface area (Å²) in [7, 11) is 0. The van der Waals surface area contributed by atoms with Crippen LogP contribution in [0, 0.1) is 0 Å². The zero-order chi connectivity index (χ0) is 14.8. The van der Waals surface area contributed by atoms with Gasteiger partial charge in [-0.05, 0) is 23.8 Å². The number of pyridine rings is 1. The molecule has 0 radical (unpaired) electrons. The number of hydrogen-bond acceptors (Lipinski definition) is 2. The predicted molar refractivity (Wildman–Crippen MR) is 87.8 cm³/mol. The lowest BCUT2D eigenvalue weighted by atomic mass is 10.1. The Bertz CT molecular complexity index is 805. The van der Waals surface area contributed by atoms with Gasteiger partial charge in [0, 0.05) is 17.3 Å². The van der Waals surface area contributed by atoms with E-state index < -0.39 is 0 Å². The molecule has 0 fully saturated rings. The Labute approximate surface area is 137 Å². The number of ether oxygens (including phenoxy) is 1. The first kappa shape index (κ1) is 14.5. The molecule has 106 valence electrons. The summed E-state index contributed by atoms with van der Waals surface area (Å²) in [6.07, 6.45) is 0. The Morgan fingerprint density at radius 1 is 1.00 bits per heavy atom. The highest BCUT2D eigenvalue weighted by Crippen LogP contribution is 2.35. The van der Waals surface area contributed by atoms with Crippen LogP contribution in [0.1, 0.15) is 5.56 Å². The smallest absolute Gasteiger partial charge is 0.220 e. The van der Waals surface area contributed by atoms with E-state index in [4.69, 9.17) is 39.5 Å². The number of halogens is 3. The summed E-state index contributed by atoms with van der Waals surface area (Å²) >= 11 is 18.1. The fourth-order valence-corrected chi connectivity index (χ4v) is 2.61. The van der Waals surface area contributed by atoms with E-state index in [9.17, 15) is 0 Å². The van der Waals surface area contributed by atoms with Crippen molar-refractivity contribution in [3.8, 4) is 11.6 Å². The largest absolute Gasteiger partial charge is 0.437 e. The van der Waals surface area contributed by atoms with Gasteiger partial charge in [-0.15, -0.1) is 11.6 Å². The molecular weight excluding hydrogens is 329 g/mol. The molecule has 2 nitrogen and oxygen atoms in total. The third kappa shape index (κ3) is 2.93. The van der Waals surface area contributed by atoms with Crippen LogP contribution in [0.25, 0.3) is 10.9 Å². The second-order valence-electron chi connectivity index (χ2n) is 4.42. The molecule has 0 amide bonds. The molecule has 2 aromatic carbocycles. The van der Waals surface area contributed by atoms with E-state index in [2.05, 4.69) is 4.98 Å². The summed E-state index contributed by atoms with van der Waals surface area (Å²) in [6, 6.07) is 14.8. The van der Waals surface area contributed by atoms with Gasteiger partial charge in [0.15, 0.2) is 0 Å². The molecule has 5 heteroatoms. The number of para-hydroxylation sites is 1. The first-order chi connectivity index (χ1) is 10.2. The van der Waals surface area contributed by atoms with Gasteiger partial charge >= 0.3 is 0 Å². The highest BCUT2D eigenvalue weighted by atomic mass is 35.5. The molecule has 3 aromatic rings. The molecule has 0 aliphatic heterocycles. The molecule has 0 saturated carbocycles. The zero-order valence-corrected chi connectivity index (χ0v) is 13.1. The van der Waals surface area contributed by atoms with Crippen LogP contribution in [0.4, 0.5) is 0 Å². The molecular formula is C16H10Cl3NO. The summed E-state index contributed by atoms with van der Waals surface area (Å²) in [5.41, 5.74) is 1.78. The van der Waals surface area contributed by atoms with Crippen LogP contribution < -0.4 is 4.74 Å². The zero-order valence-electron chi connectivity index (χ0n) is 10.8. The standard InChI is InChI=1S/C16H10Cl3NO/c17-9-10-8-15(20-13-6-2-1-4-11(10)13)21-14-7-3-5-12(18)16(14)19/h1-8H,9H2. The van der Waals surface area contributed by atoms with Gasteiger partial charge in [0.2, 0.25) is 5.88 Å². The molecule has 21 heavy (non-hydrogen) atoms. The maximum atomic E-state index is 6.12. The molecule has 0 unspecified atom stereocenters. The minimum Gasteiger partial charge on any atom is -0.437 e. The van der Waals surface area contributed by atoms with Crippen molar-refractivity contribution in [1.29, 1.82) is 0 Å². The minimum absolute atomic E-state index is 0.363. The van der Waals surface area contributed by atoms with Crippen molar-refractivity contribution < 1.29 is 4.74 Å². The second kappa shape index (κ2) is 6.10. The van der Waals surface area contributed by atoms with Crippen LogP contribution in [0.15, 0.2) is 48.5 Å². The Hall–Kier alpha value is -1.48. The predicted octanol–water partition coefficient (Wildman–Crippen LogP) is 6.07. The number of benzene rings is 2. The van der Waals surface area contributed by atoms with Gasteiger partial charge in [0.1, 0.15) is 10.8 Å². The topological polar surface area (TPSA) is 22.1 Å². The van der Waals surface area contributed by atoms with Crippen molar-refractivity contribution in [2.24, 2.45) is 0 Å². The average Bonchev–Trinajstić information content (AvgIpc) is 2.51. The van der Waals surface area contributed by atoms with Crippen LogP contribution >= 0.6 is 34.8 Å². The third-order valence-corrected chi connectivity index (χ3v) is 4.14. The van der Waals surface area contributed by atoms with Gasteiger partial charge in [-0.3, -0.25) is 0 Å². The Balaban J connectivity index is 2.07. The normalized spacial score (nSPS) is 10.8. The van der Waals surface area contributed by atoms with Gasteiger partial charge in [-0.25, -0.2) is 4.98 Å². The Morgan fingerprint density at radius 2 is 1.81 bits per heavy atom. The first-order valence-corrected chi connectivity index (χ1v) is 7.54. The molecule has 0 N–H and O–H groups in total. The monoisotopic (exact) mass is 337 g/mol. The third-order valence-electron chi connectivity index (χ3n) is 3.05. The van der Waals surface area contributed by atoms with E-state index in [1.807, 2.05) is 30.3 Å². The molecule has 1 heterocycles. The van der Waals surface area contributed by atoms with Gasteiger partial charge < -0.3 is 4.74 Å². The van der Waals surface area contributed by atoms with Crippen molar-refractivity contribution in [3.05, 3.63) is 64.1 Å².